The second kappa shape index (κ2) is 53.7. The van der Waals surface area contributed by atoms with Gasteiger partial charge in [0.15, 0.2) is 6.10 Å². The molecule has 0 aliphatic rings. The van der Waals surface area contributed by atoms with Crippen LogP contribution in [0.5, 0.6) is 0 Å². The van der Waals surface area contributed by atoms with E-state index in [1.807, 2.05) is 12.2 Å². The Labute approximate surface area is 402 Å². The lowest BCUT2D eigenvalue weighted by atomic mass is 10.0. The van der Waals surface area contributed by atoms with Gasteiger partial charge in [0.25, 0.3) is 0 Å². The number of unbranched alkanes of at least 4 members (excludes halogenated alkanes) is 29. The van der Waals surface area contributed by atoms with Gasteiger partial charge in [-0.2, -0.15) is 0 Å². The lowest BCUT2D eigenvalue weighted by Crippen LogP contribution is -2.30. The fourth-order valence-corrected chi connectivity index (χ4v) is 7.87. The van der Waals surface area contributed by atoms with E-state index in [2.05, 4.69) is 69.4 Å². The molecule has 0 heterocycles. The van der Waals surface area contributed by atoms with Crippen LogP contribution in [-0.4, -0.2) is 37.2 Å². The maximum Gasteiger partial charge on any atom is 0.306 e. The van der Waals surface area contributed by atoms with Gasteiger partial charge in [-0.25, -0.2) is 0 Å². The van der Waals surface area contributed by atoms with Crippen LogP contribution >= 0.6 is 0 Å². The van der Waals surface area contributed by atoms with Gasteiger partial charge in [0.05, 0.1) is 0 Å². The van der Waals surface area contributed by atoms with Crippen molar-refractivity contribution >= 4 is 17.9 Å². The lowest BCUT2D eigenvalue weighted by Gasteiger charge is -2.18. The summed E-state index contributed by atoms with van der Waals surface area (Å²) < 4.78 is 16.7. The average Bonchev–Trinajstić information content (AvgIpc) is 3.30. The van der Waals surface area contributed by atoms with E-state index in [9.17, 15) is 14.4 Å². The first-order chi connectivity index (χ1) is 32.0. The van der Waals surface area contributed by atoms with Crippen molar-refractivity contribution < 1.29 is 28.6 Å². The molecule has 6 heteroatoms. The predicted octanol–water partition coefficient (Wildman–Crippen LogP) is 18.4. The van der Waals surface area contributed by atoms with Crippen LogP contribution in [-0.2, 0) is 28.6 Å². The quantitative estimate of drug-likeness (QED) is 0.0262. The first-order valence-corrected chi connectivity index (χ1v) is 27.8. The summed E-state index contributed by atoms with van der Waals surface area (Å²) in [6, 6.07) is 0. The van der Waals surface area contributed by atoms with Gasteiger partial charge in [-0.3, -0.25) is 14.4 Å². The summed E-state index contributed by atoms with van der Waals surface area (Å²) in [5, 5.41) is 0. The van der Waals surface area contributed by atoms with Crippen molar-refractivity contribution in [1.82, 2.24) is 0 Å². The molecule has 1 atom stereocenters. The standard InChI is InChI=1S/C59H104O6/c1-4-7-10-13-16-19-22-24-25-26-27-28-29-30-31-32-33-34-36-37-40-43-46-49-52-58(61)64-55-56(54-63-57(60)51-48-45-42-39-21-18-15-12-9-6-3)65-59(62)53-50-47-44-41-38-35-23-20-17-14-11-8-5-2/h8,11-12,15,17,20,35,38,44,47,56H,4-7,9-10,13-14,16,18-19,21-34,36-37,39-43,45-46,48-55H2,1-3H3/b11-8-,15-12-,20-17-,38-35-,47-44-. The molecular weight excluding hydrogens is 805 g/mol. The van der Waals surface area contributed by atoms with Gasteiger partial charge in [-0.05, 0) is 64.2 Å². The van der Waals surface area contributed by atoms with Crippen LogP contribution in [0.3, 0.4) is 0 Å². The summed E-state index contributed by atoms with van der Waals surface area (Å²) in [7, 11) is 0. The van der Waals surface area contributed by atoms with E-state index in [1.54, 1.807) is 0 Å². The summed E-state index contributed by atoms with van der Waals surface area (Å²) in [4.78, 5) is 37.9. The van der Waals surface area contributed by atoms with Crippen molar-refractivity contribution in [3.8, 4) is 0 Å². The van der Waals surface area contributed by atoms with E-state index in [-0.39, 0.29) is 37.5 Å². The van der Waals surface area contributed by atoms with Gasteiger partial charge >= 0.3 is 17.9 Å². The van der Waals surface area contributed by atoms with E-state index < -0.39 is 6.10 Å². The van der Waals surface area contributed by atoms with Gasteiger partial charge in [0.2, 0.25) is 0 Å². The topological polar surface area (TPSA) is 78.9 Å². The number of hydrogen-bond donors (Lipinski definition) is 0. The molecule has 0 aromatic heterocycles. The van der Waals surface area contributed by atoms with Gasteiger partial charge in [0.1, 0.15) is 13.2 Å². The zero-order valence-electron chi connectivity index (χ0n) is 43.0. The van der Waals surface area contributed by atoms with Crippen molar-refractivity contribution in [2.45, 2.75) is 284 Å². The van der Waals surface area contributed by atoms with Crippen LogP contribution in [0.4, 0.5) is 0 Å². The van der Waals surface area contributed by atoms with Crippen molar-refractivity contribution in [1.29, 1.82) is 0 Å². The number of carbonyl (C=O) groups is 3. The predicted molar refractivity (Wildman–Crippen MR) is 279 cm³/mol. The molecule has 0 spiro atoms. The number of esters is 3. The normalized spacial score (nSPS) is 12.5. The van der Waals surface area contributed by atoms with E-state index >= 15 is 0 Å². The van der Waals surface area contributed by atoms with Gasteiger partial charge in [0, 0.05) is 19.3 Å². The molecule has 6 nitrogen and oxygen atoms in total. The number of rotatable bonds is 50. The van der Waals surface area contributed by atoms with Crippen molar-refractivity contribution in [2.24, 2.45) is 0 Å². The van der Waals surface area contributed by atoms with E-state index in [1.165, 1.54) is 148 Å². The van der Waals surface area contributed by atoms with Crippen LogP contribution in [0.1, 0.15) is 278 Å². The zero-order valence-corrected chi connectivity index (χ0v) is 43.0. The molecular formula is C59H104O6. The minimum Gasteiger partial charge on any atom is -0.462 e. The van der Waals surface area contributed by atoms with E-state index in [0.29, 0.717) is 19.3 Å². The molecule has 1 unspecified atom stereocenters. The second-order valence-corrected chi connectivity index (χ2v) is 18.5. The fourth-order valence-electron chi connectivity index (χ4n) is 7.87. The molecule has 376 valence electrons. The van der Waals surface area contributed by atoms with Crippen LogP contribution in [0.2, 0.25) is 0 Å². The molecule has 0 rings (SSSR count). The minimum absolute atomic E-state index is 0.103. The van der Waals surface area contributed by atoms with E-state index in [0.717, 1.165) is 83.5 Å². The van der Waals surface area contributed by atoms with Crippen LogP contribution in [0.25, 0.3) is 0 Å². The summed E-state index contributed by atoms with van der Waals surface area (Å²) in [5.41, 5.74) is 0. The highest BCUT2D eigenvalue weighted by molar-refractivity contribution is 5.71. The molecule has 0 aromatic rings. The monoisotopic (exact) mass is 909 g/mol. The number of hydrogen-bond acceptors (Lipinski definition) is 6. The first-order valence-electron chi connectivity index (χ1n) is 27.8. The molecule has 65 heavy (non-hydrogen) atoms. The summed E-state index contributed by atoms with van der Waals surface area (Å²) in [5.74, 6) is -0.990. The fraction of sp³-hybridized carbons (Fsp3) is 0.780. The lowest BCUT2D eigenvalue weighted by molar-refractivity contribution is -0.166. The molecule has 0 fully saturated rings. The smallest absolute Gasteiger partial charge is 0.306 e. The van der Waals surface area contributed by atoms with E-state index in [4.69, 9.17) is 14.2 Å². The highest BCUT2D eigenvalue weighted by atomic mass is 16.6. The maximum atomic E-state index is 12.7. The zero-order chi connectivity index (χ0) is 47.2. The molecule has 0 aliphatic carbocycles. The molecule has 0 saturated heterocycles. The average molecular weight is 909 g/mol. The third-order valence-electron chi connectivity index (χ3n) is 12.0. The molecule has 0 aromatic carbocycles. The summed E-state index contributed by atoms with van der Waals surface area (Å²) in [6.07, 6.45) is 66.8. The molecule has 0 saturated carbocycles. The highest BCUT2D eigenvalue weighted by Crippen LogP contribution is 2.17. The van der Waals surface area contributed by atoms with Crippen molar-refractivity contribution in [3.63, 3.8) is 0 Å². The second-order valence-electron chi connectivity index (χ2n) is 18.5. The van der Waals surface area contributed by atoms with Gasteiger partial charge < -0.3 is 14.2 Å². The Kier molecular flexibility index (Phi) is 51.3. The SMILES string of the molecule is CC/C=C\C/C=C\C/C=C\C/C=C\CCC(=O)OC(COC(=O)CCCCCCC/C=C\CCC)COC(=O)CCCCCCCCCCCCCCCCCCCCCCCCCC. The van der Waals surface area contributed by atoms with Gasteiger partial charge in [-0.1, -0.05) is 255 Å². The molecule has 0 N–H and O–H groups in total. The molecule has 0 amide bonds. The summed E-state index contributed by atoms with van der Waals surface area (Å²) >= 11 is 0. The third kappa shape index (κ3) is 51.9. The van der Waals surface area contributed by atoms with Crippen LogP contribution in [0, 0.1) is 0 Å². The Hall–Kier alpha value is -2.89. The van der Waals surface area contributed by atoms with Crippen LogP contribution < -0.4 is 0 Å². The first kappa shape index (κ1) is 62.1. The maximum absolute atomic E-state index is 12.7. The van der Waals surface area contributed by atoms with Crippen molar-refractivity contribution in [2.75, 3.05) is 13.2 Å². The Balaban J connectivity index is 4.23. The highest BCUT2D eigenvalue weighted by Gasteiger charge is 2.19. The minimum atomic E-state index is -0.812. The number of allylic oxidation sites excluding steroid dienone is 10. The third-order valence-corrected chi connectivity index (χ3v) is 12.0. The largest absolute Gasteiger partial charge is 0.462 e. The Morgan fingerprint density at radius 1 is 0.323 bits per heavy atom. The van der Waals surface area contributed by atoms with Gasteiger partial charge in [-0.15, -0.1) is 0 Å². The number of carbonyl (C=O) groups excluding carboxylic acids is 3. The van der Waals surface area contributed by atoms with Crippen LogP contribution in [0.15, 0.2) is 60.8 Å². The Bertz CT molecular complexity index is 1180. The summed E-state index contributed by atoms with van der Waals surface area (Å²) in [6.45, 7) is 6.41. The molecule has 0 bridgehead atoms. The molecule has 0 radical (unpaired) electrons. The Morgan fingerprint density at radius 2 is 0.662 bits per heavy atom. The van der Waals surface area contributed by atoms with Crippen molar-refractivity contribution in [3.05, 3.63) is 60.8 Å². The Morgan fingerprint density at radius 3 is 1.06 bits per heavy atom. The number of ether oxygens (including phenoxy) is 3. The molecule has 0 aliphatic heterocycles.